The van der Waals surface area contributed by atoms with Gasteiger partial charge in [-0.1, -0.05) is 401 Å². The Morgan fingerprint density at radius 2 is 0.490 bits per heavy atom. The normalized spacial score (nSPS) is 14.1. The Balaban J connectivity index is 5.25. The fraction of sp³-hybridized carbons (Fsp3) is 0.953. The van der Waals surface area contributed by atoms with Gasteiger partial charge >= 0.3 is 39.5 Å². The lowest BCUT2D eigenvalue weighted by Gasteiger charge is -2.21. The molecule has 0 radical (unpaired) electrons. The first-order valence-corrected chi connectivity index (χ1v) is 47.0. The first kappa shape index (κ1) is 102. The third kappa shape index (κ3) is 76.8. The van der Waals surface area contributed by atoms with E-state index in [2.05, 4.69) is 41.5 Å². The minimum absolute atomic E-state index is 0.108. The Bertz CT molecular complexity index is 2000. The van der Waals surface area contributed by atoms with Gasteiger partial charge in [0.1, 0.15) is 19.3 Å². The quantitative estimate of drug-likeness (QED) is 0.0222. The fourth-order valence-electron chi connectivity index (χ4n) is 13.2. The monoisotopic (exact) mass is 1520 g/mol. The molecule has 0 saturated carbocycles. The molecule has 0 saturated heterocycles. The number of unbranched alkanes of at least 4 members (excludes halogenated alkanes) is 53. The number of phosphoric ester groups is 2. The Labute approximate surface area is 638 Å². The summed E-state index contributed by atoms with van der Waals surface area (Å²) in [7, 11) is -9.93. The average molecular weight is 1520 g/mol. The number of aliphatic hydroxyl groups excluding tert-OH is 1. The molecule has 0 aromatic carbocycles. The summed E-state index contributed by atoms with van der Waals surface area (Å²) >= 11 is 0. The van der Waals surface area contributed by atoms with E-state index in [0.717, 1.165) is 102 Å². The molecule has 19 heteroatoms. The highest BCUT2D eigenvalue weighted by Gasteiger charge is 2.30. The van der Waals surface area contributed by atoms with Crippen LogP contribution in [0.4, 0.5) is 0 Å². The summed E-state index contributed by atoms with van der Waals surface area (Å²) < 4.78 is 68.9. The first-order valence-electron chi connectivity index (χ1n) is 44.0. The second-order valence-electron chi connectivity index (χ2n) is 31.3. The van der Waals surface area contributed by atoms with E-state index in [0.29, 0.717) is 25.7 Å². The van der Waals surface area contributed by atoms with Gasteiger partial charge in [-0.15, -0.1) is 0 Å². The predicted octanol–water partition coefficient (Wildman–Crippen LogP) is 25.8. The summed E-state index contributed by atoms with van der Waals surface area (Å²) in [4.78, 5) is 73.2. The van der Waals surface area contributed by atoms with Crippen LogP contribution < -0.4 is 0 Å². The number of esters is 4. The van der Waals surface area contributed by atoms with Gasteiger partial charge in [-0.2, -0.15) is 0 Å². The Hall–Kier alpha value is -1.94. The molecule has 0 spiro atoms. The SMILES string of the molecule is CCCCCCCCCCCCCCCCCCCCCCCC(=O)O[C@H](COC(=O)CCCCCCCCCCCCCCCCC(C)C)COP(=O)(O)OC[C@@H](O)COP(=O)(O)OC[C@@H](COC(=O)CCCCCCCCCCC(C)CC)OC(=O)CCCCCCCCCCCCCCCC. The Morgan fingerprint density at radius 1 is 0.279 bits per heavy atom. The minimum atomic E-state index is -4.97. The molecule has 0 aromatic rings. The Morgan fingerprint density at radius 3 is 0.731 bits per heavy atom. The first-order chi connectivity index (χ1) is 50.4. The van der Waals surface area contributed by atoms with Crippen molar-refractivity contribution in [1.82, 2.24) is 0 Å². The molecule has 104 heavy (non-hydrogen) atoms. The molecule has 6 atom stereocenters. The highest BCUT2D eigenvalue weighted by atomic mass is 31.2. The lowest BCUT2D eigenvalue weighted by atomic mass is 9.99. The van der Waals surface area contributed by atoms with Gasteiger partial charge in [0.2, 0.25) is 0 Å². The van der Waals surface area contributed by atoms with Gasteiger partial charge in [0.15, 0.2) is 12.2 Å². The maximum absolute atomic E-state index is 13.1. The van der Waals surface area contributed by atoms with E-state index >= 15 is 0 Å². The third-order valence-corrected chi connectivity index (χ3v) is 22.2. The van der Waals surface area contributed by atoms with Crippen LogP contribution in [0.15, 0.2) is 0 Å². The molecule has 0 heterocycles. The van der Waals surface area contributed by atoms with Gasteiger partial charge in [-0.3, -0.25) is 37.3 Å². The van der Waals surface area contributed by atoms with Crippen LogP contribution in [0.25, 0.3) is 0 Å². The van der Waals surface area contributed by atoms with Crippen molar-refractivity contribution >= 4 is 39.5 Å². The van der Waals surface area contributed by atoms with E-state index in [1.54, 1.807) is 0 Å². The summed E-state index contributed by atoms with van der Waals surface area (Å²) in [5.41, 5.74) is 0. The van der Waals surface area contributed by atoms with Crippen LogP contribution >= 0.6 is 15.6 Å². The summed E-state index contributed by atoms with van der Waals surface area (Å²) in [5.74, 6) is -0.526. The van der Waals surface area contributed by atoms with Crippen molar-refractivity contribution in [3.8, 4) is 0 Å². The van der Waals surface area contributed by atoms with Crippen molar-refractivity contribution in [2.24, 2.45) is 11.8 Å². The number of hydrogen-bond acceptors (Lipinski definition) is 15. The number of rotatable bonds is 84. The van der Waals surface area contributed by atoms with Crippen molar-refractivity contribution in [2.45, 2.75) is 471 Å². The van der Waals surface area contributed by atoms with Gasteiger partial charge in [-0.05, 0) is 37.5 Å². The average Bonchev–Trinajstić information content (AvgIpc) is 0.911. The van der Waals surface area contributed by atoms with E-state index in [1.807, 2.05) is 0 Å². The van der Waals surface area contributed by atoms with Crippen molar-refractivity contribution < 1.29 is 80.2 Å². The molecule has 0 aliphatic carbocycles. The molecular weight excluding hydrogens is 1350 g/mol. The summed E-state index contributed by atoms with van der Waals surface area (Å²) in [5, 5.41) is 10.7. The maximum atomic E-state index is 13.1. The number of phosphoric acid groups is 2. The molecule has 3 unspecified atom stereocenters. The van der Waals surface area contributed by atoms with E-state index in [-0.39, 0.29) is 25.7 Å². The van der Waals surface area contributed by atoms with Gasteiger partial charge in [-0.25, -0.2) is 9.13 Å². The van der Waals surface area contributed by atoms with E-state index in [9.17, 15) is 43.2 Å². The molecule has 17 nitrogen and oxygen atoms in total. The molecule has 0 aromatic heterocycles. The predicted molar refractivity (Wildman–Crippen MR) is 428 cm³/mol. The zero-order valence-electron chi connectivity index (χ0n) is 68.3. The van der Waals surface area contributed by atoms with Crippen LogP contribution in [0.2, 0.25) is 0 Å². The standard InChI is InChI=1S/C85H166O17P2/c1-7-10-12-14-16-18-20-22-24-25-26-27-28-29-30-36-40-44-52-58-64-70-85(90)101-80(73-95-82(87)67-61-55-49-42-38-35-32-31-33-37-41-47-53-59-65-77(4)5)75-99-103(91,92)97-71-79(86)72-98-104(93,94)100-76-81(74-96-83(88)68-62-56-50-46-45-48-54-60-66-78(6)9-3)102-84(89)69-63-57-51-43-39-34-23-21-19-17-15-13-11-8-2/h77-81,86H,7-76H2,1-6H3,(H,91,92)(H,93,94)/t78?,79-,80-,81-/m1/s1. The topological polar surface area (TPSA) is 237 Å². The van der Waals surface area contributed by atoms with Crippen LogP contribution in [0.1, 0.15) is 452 Å². The van der Waals surface area contributed by atoms with Crippen molar-refractivity contribution in [3.05, 3.63) is 0 Å². The number of carbonyl (C=O) groups excluding carboxylic acids is 4. The van der Waals surface area contributed by atoms with Gasteiger partial charge in [0.25, 0.3) is 0 Å². The van der Waals surface area contributed by atoms with Crippen LogP contribution in [0, 0.1) is 11.8 Å². The Kier molecular flexibility index (Phi) is 75.0. The van der Waals surface area contributed by atoms with Crippen molar-refractivity contribution in [1.29, 1.82) is 0 Å². The molecule has 0 aliphatic heterocycles. The second-order valence-corrected chi connectivity index (χ2v) is 34.2. The molecule has 0 bridgehead atoms. The van der Waals surface area contributed by atoms with Crippen LogP contribution in [-0.4, -0.2) is 96.7 Å². The highest BCUT2D eigenvalue weighted by molar-refractivity contribution is 7.47. The summed E-state index contributed by atoms with van der Waals surface area (Å²) in [6.07, 6.45) is 68.0. The maximum Gasteiger partial charge on any atom is 0.472 e. The van der Waals surface area contributed by atoms with Crippen LogP contribution in [-0.2, 0) is 65.4 Å². The van der Waals surface area contributed by atoms with E-state index in [1.165, 1.54) is 270 Å². The molecule has 0 rings (SSSR count). The molecule has 3 N–H and O–H groups in total. The number of aliphatic hydroxyl groups is 1. The molecule has 0 aliphatic rings. The van der Waals surface area contributed by atoms with Crippen molar-refractivity contribution in [2.75, 3.05) is 39.6 Å². The number of hydrogen-bond donors (Lipinski definition) is 3. The van der Waals surface area contributed by atoms with Crippen LogP contribution in [0.3, 0.4) is 0 Å². The van der Waals surface area contributed by atoms with Crippen LogP contribution in [0.5, 0.6) is 0 Å². The summed E-state index contributed by atoms with van der Waals surface area (Å²) in [6, 6.07) is 0. The third-order valence-electron chi connectivity index (χ3n) is 20.3. The van der Waals surface area contributed by atoms with E-state index < -0.39 is 97.5 Å². The van der Waals surface area contributed by atoms with Gasteiger partial charge in [0, 0.05) is 25.7 Å². The summed E-state index contributed by atoms with van der Waals surface area (Å²) in [6.45, 7) is 9.69. The molecule has 618 valence electrons. The number of carbonyl (C=O) groups is 4. The lowest BCUT2D eigenvalue weighted by Crippen LogP contribution is -2.30. The fourth-order valence-corrected chi connectivity index (χ4v) is 14.8. The second kappa shape index (κ2) is 76.4. The zero-order chi connectivity index (χ0) is 76.4. The van der Waals surface area contributed by atoms with Gasteiger partial charge in [0.05, 0.1) is 26.4 Å². The minimum Gasteiger partial charge on any atom is -0.462 e. The van der Waals surface area contributed by atoms with E-state index in [4.69, 9.17) is 37.0 Å². The molecule has 0 fully saturated rings. The van der Waals surface area contributed by atoms with Crippen molar-refractivity contribution in [3.63, 3.8) is 0 Å². The highest BCUT2D eigenvalue weighted by Crippen LogP contribution is 2.45. The smallest absolute Gasteiger partial charge is 0.462 e. The molecule has 0 amide bonds. The van der Waals surface area contributed by atoms with Gasteiger partial charge < -0.3 is 33.8 Å². The molecular formula is C85H166O17P2. The largest absolute Gasteiger partial charge is 0.472 e. The number of ether oxygens (including phenoxy) is 4. The lowest BCUT2D eigenvalue weighted by molar-refractivity contribution is -0.161. The zero-order valence-corrected chi connectivity index (χ0v) is 70.1.